The predicted molar refractivity (Wildman–Crippen MR) is 69.2 cm³/mol. The molecule has 0 unspecified atom stereocenters. The number of nitrogens with zero attached hydrogens (tertiary/aromatic N) is 3. The van der Waals surface area contributed by atoms with Crippen LogP contribution in [0, 0.1) is 5.82 Å². The first-order valence-electron chi connectivity index (χ1n) is 5.94. The lowest BCUT2D eigenvalue weighted by Gasteiger charge is -2.05. The number of aromatic carboxylic acids is 1. The molecule has 20 heavy (non-hydrogen) atoms. The summed E-state index contributed by atoms with van der Waals surface area (Å²) < 4.78 is 14.5. The van der Waals surface area contributed by atoms with Gasteiger partial charge >= 0.3 is 5.97 Å². The number of halogens is 1. The molecule has 2 heterocycles. The van der Waals surface area contributed by atoms with E-state index < -0.39 is 5.97 Å². The summed E-state index contributed by atoms with van der Waals surface area (Å²) in [7, 11) is 0. The van der Waals surface area contributed by atoms with Crippen molar-refractivity contribution < 1.29 is 14.3 Å². The van der Waals surface area contributed by atoms with Gasteiger partial charge in [-0.3, -0.25) is 0 Å². The van der Waals surface area contributed by atoms with Crippen LogP contribution in [-0.2, 0) is 6.42 Å². The average Bonchev–Trinajstić information content (AvgIpc) is 2.89. The van der Waals surface area contributed by atoms with E-state index in [0.717, 1.165) is 5.56 Å². The fourth-order valence-corrected chi connectivity index (χ4v) is 2.01. The summed E-state index contributed by atoms with van der Waals surface area (Å²) in [4.78, 5) is 19.3. The molecule has 5 nitrogen and oxygen atoms in total. The van der Waals surface area contributed by atoms with Gasteiger partial charge in [-0.15, -0.1) is 0 Å². The van der Waals surface area contributed by atoms with Crippen LogP contribution in [0.4, 0.5) is 4.39 Å². The number of rotatable bonds is 3. The lowest BCUT2D eigenvalue weighted by atomic mass is 10.1. The summed E-state index contributed by atoms with van der Waals surface area (Å²) >= 11 is 0. The van der Waals surface area contributed by atoms with Gasteiger partial charge in [0, 0.05) is 25.0 Å². The van der Waals surface area contributed by atoms with Crippen LogP contribution in [0.25, 0.3) is 5.65 Å². The fourth-order valence-electron chi connectivity index (χ4n) is 2.01. The summed E-state index contributed by atoms with van der Waals surface area (Å²) in [6.45, 7) is 0. The Balaban J connectivity index is 2.07. The Hall–Kier alpha value is -2.76. The molecular weight excluding hydrogens is 261 g/mol. The highest BCUT2D eigenvalue weighted by molar-refractivity contribution is 5.85. The van der Waals surface area contributed by atoms with Crippen molar-refractivity contribution in [3.05, 3.63) is 65.6 Å². The number of hydrogen-bond acceptors (Lipinski definition) is 3. The molecule has 3 rings (SSSR count). The van der Waals surface area contributed by atoms with E-state index in [2.05, 4.69) is 9.97 Å². The highest BCUT2D eigenvalue weighted by atomic mass is 19.1. The second kappa shape index (κ2) is 4.73. The van der Waals surface area contributed by atoms with Crippen molar-refractivity contribution in [2.75, 3.05) is 0 Å². The van der Waals surface area contributed by atoms with Crippen LogP contribution in [0.1, 0.15) is 21.7 Å². The quantitative estimate of drug-likeness (QED) is 0.792. The number of imidazole rings is 1. The molecule has 0 spiro atoms. The third-order valence-electron chi connectivity index (χ3n) is 2.95. The Morgan fingerprint density at radius 2 is 2.05 bits per heavy atom. The summed E-state index contributed by atoms with van der Waals surface area (Å²) in [5.74, 6) is -1.41. The minimum Gasteiger partial charge on any atom is -0.476 e. The monoisotopic (exact) mass is 271 g/mol. The molecule has 3 aromatic rings. The summed E-state index contributed by atoms with van der Waals surface area (Å²) in [5, 5.41) is 9.06. The highest BCUT2D eigenvalue weighted by Gasteiger charge is 2.12. The fraction of sp³-hybridized carbons (Fsp3) is 0.0714. The molecule has 1 aromatic carbocycles. The van der Waals surface area contributed by atoms with E-state index in [9.17, 15) is 9.18 Å². The first-order valence-corrected chi connectivity index (χ1v) is 5.94. The van der Waals surface area contributed by atoms with Crippen molar-refractivity contribution in [3.8, 4) is 0 Å². The summed E-state index contributed by atoms with van der Waals surface area (Å²) in [6, 6.07) is 6.01. The maximum atomic E-state index is 12.9. The van der Waals surface area contributed by atoms with Gasteiger partial charge in [-0.05, 0) is 17.7 Å². The number of carboxylic acid groups (broad SMARTS) is 1. The second-order valence-electron chi connectivity index (χ2n) is 4.34. The Morgan fingerprint density at radius 3 is 2.75 bits per heavy atom. The van der Waals surface area contributed by atoms with Gasteiger partial charge < -0.3 is 9.51 Å². The van der Waals surface area contributed by atoms with E-state index >= 15 is 0 Å². The summed E-state index contributed by atoms with van der Waals surface area (Å²) in [6.07, 6.45) is 5.05. The van der Waals surface area contributed by atoms with Gasteiger partial charge in [-0.2, -0.15) is 0 Å². The lowest BCUT2D eigenvalue weighted by Crippen LogP contribution is -2.07. The van der Waals surface area contributed by atoms with Crippen LogP contribution in [-0.4, -0.2) is 25.4 Å². The van der Waals surface area contributed by atoms with Crippen LogP contribution in [0.5, 0.6) is 0 Å². The number of aromatic nitrogens is 3. The molecule has 6 heteroatoms. The molecule has 0 saturated carbocycles. The van der Waals surface area contributed by atoms with E-state index in [1.165, 1.54) is 18.3 Å². The molecule has 0 atom stereocenters. The molecule has 100 valence electrons. The predicted octanol–water partition coefficient (Wildman–Crippen LogP) is 2.16. The summed E-state index contributed by atoms with van der Waals surface area (Å²) in [5.41, 5.74) is 1.93. The van der Waals surface area contributed by atoms with Crippen LogP contribution < -0.4 is 0 Å². The van der Waals surface area contributed by atoms with Crippen molar-refractivity contribution >= 4 is 11.6 Å². The third kappa shape index (κ3) is 2.23. The second-order valence-corrected chi connectivity index (χ2v) is 4.34. The smallest absolute Gasteiger partial charge is 0.356 e. The van der Waals surface area contributed by atoms with E-state index in [4.69, 9.17) is 5.11 Å². The molecule has 0 aliphatic heterocycles. The highest BCUT2D eigenvalue weighted by Crippen LogP contribution is 2.14. The van der Waals surface area contributed by atoms with Crippen LogP contribution in [0.3, 0.4) is 0 Å². The van der Waals surface area contributed by atoms with Crippen LogP contribution in [0.2, 0.25) is 0 Å². The van der Waals surface area contributed by atoms with Gasteiger partial charge in [0.25, 0.3) is 0 Å². The first kappa shape index (κ1) is 12.3. The molecule has 0 bridgehead atoms. The molecule has 0 saturated heterocycles. The van der Waals surface area contributed by atoms with Crippen molar-refractivity contribution in [3.63, 3.8) is 0 Å². The van der Waals surface area contributed by atoms with E-state index in [0.29, 0.717) is 17.8 Å². The van der Waals surface area contributed by atoms with Gasteiger partial charge in [0.05, 0.1) is 5.69 Å². The molecule has 2 aromatic heterocycles. The Labute approximate surface area is 113 Å². The van der Waals surface area contributed by atoms with Gasteiger partial charge in [-0.25, -0.2) is 19.2 Å². The van der Waals surface area contributed by atoms with E-state index in [1.54, 1.807) is 28.9 Å². The lowest BCUT2D eigenvalue weighted by molar-refractivity contribution is 0.0689. The minimum atomic E-state index is -1.10. The molecule has 0 aliphatic carbocycles. The Bertz CT molecular complexity index is 781. The SMILES string of the molecule is O=C(O)c1cn2ccnc2c(Cc2ccc(F)cc2)n1. The number of carbonyl (C=O) groups is 1. The molecule has 0 aliphatic rings. The molecule has 0 amide bonds. The molecule has 0 radical (unpaired) electrons. The average molecular weight is 271 g/mol. The molecular formula is C14H10FN3O2. The topological polar surface area (TPSA) is 67.5 Å². The Kier molecular flexibility index (Phi) is 2.90. The normalized spacial score (nSPS) is 10.8. The van der Waals surface area contributed by atoms with Crippen LogP contribution >= 0.6 is 0 Å². The first-order chi connectivity index (χ1) is 9.63. The number of benzene rings is 1. The number of hydrogen-bond donors (Lipinski definition) is 1. The number of carboxylic acids is 1. The standard InChI is InChI=1S/C14H10FN3O2/c15-10-3-1-9(2-4-10)7-11-13-16-5-6-18(13)8-12(17-11)14(19)20/h1-6,8H,7H2,(H,19,20). The largest absolute Gasteiger partial charge is 0.476 e. The third-order valence-corrected chi connectivity index (χ3v) is 2.95. The van der Waals surface area contributed by atoms with Gasteiger partial charge in [0.2, 0.25) is 0 Å². The zero-order valence-electron chi connectivity index (χ0n) is 10.3. The maximum absolute atomic E-state index is 12.9. The molecule has 0 fully saturated rings. The van der Waals surface area contributed by atoms with E-state index in [-0.39, 0.29) is 11.5 Å². The van der Waals surface area contributed by atoms with Gasteiger partial charge in [-0.1, -0.05) is 12.1 Å². The van der Waals surface area contributed by atoms with Crippen molar-refractivity contribution in [2.24, 2.45) is 0 Å². The van der Waals surface area contributed by atoms with Crippen molar-refractivity contribution in [1.82, 2.24) is 14.4 Å². The van der Waals surface area contributed by atoms with Gasteiger partial charge in [0.1, 0.15) is 5.82 Å². The zero-order valence-corrected chi connectivity index (χ0v) is 10.3. The minimum absolute atomic E-state index is 0.0485. The maximum Gasteiger partial charge on any atom is 0.356 e. The van der Waals surface area contributed by atoms with Crippen LogP contribution in [0.15, 0.2) is 42.9 Å². The van der Waals surface area contributed by atoms with E-state index in [1.807, 2.05) is 0 Å². The number of fused-ring (bicyclic) bond motifs is 1. The zero-order chi connectivity index (χ0) is 14.1. The van der Waals surface area contributed by atoms with Crippen molar-refractivity contribution in [1.29, 1.82) is 0 Å². The van der Waals surface area contributed by atoms with Crippen molar-refractivity contribution in [2.45, 2.75) is 6.42 Å². The molecule has 1 N–H and O–H groups in total. The van der Waals surface area contributed by atoms with Gasteiger partial charge in [0.15, 0.2) is 11.3 Å². The Morgan fingerprint density at radius 1 is 1.30 bits per heavy atom.